The van der Waals surface area contributed by atoms with Crippen molar-refractivity contribution in [3.63, 3.8) is 0 Å². The summed E-state index contributed by atoms with van der Waals surface area (Å²) in [6.07, 6.45) is 3.74. The Morgan fingerprint density at radius 3 is 2.76 bits per heavy atom. The van der Waals surface area contributed by atoms with E-state index in [1.807, 2.05) is 59.4 Å². The number of nitrogens with one attached hydrogen (secondary N) is 1. The van der Waals surface area contributed by atoms with E-state index in [0.717, 1.165) is 16.9 Å². The minimum Gasteiger partial charge on any atom is -0.378 e. The molecule has 1 aromatic heterocycles. The molecule has 21 heavy (non-hydrogen) atoms. The number of benzene rings is 2. The Morgan fingerprint density at radius 1 is 1.10 bits per heavy atom. The van der Waals surface area contributed by atoms with Crippen molar-refractivity contribution in [2.75, 3.05) is 5.32 Å². The van der Waals surface area contributed by atoms with Crippen LogP contribution in [0.15, 0.2) is 67.0 Å². The van der Waals surface area contributed by atoms with E-state index in [2.05, 4.69) is 16.5 Å². The molecule has 0 aliphatic carbocycles. The summed E-state index contributed by atoms with van der Waals surface area (Å²) in [6.45, 7) is 0.663. The van der Waals surface area contributed by atoms with E-state index >= 15 is 0 Å². The third kappa shape index (κ3) is 3.10. The molecule has 0 amide bonds. The third-order valence-electron chi connectivity index (χ3n) is 3.16. The molecule has 3 aromatic rings. The van der Waals surface area contributed by atoms with E-state index in [0.29, 0.717) is 12.1 Å². The highest BCUT2D eigenvalue weighted by molar-refractivity contribution is 5.43. The number of para-hydroxylation sites is 1. The van der Waals surface area contributed by atoms with Crippen molar-refractivity contribution in [2.45, 2.75) is 6.54 Å². The van der Waals surface area contributed by atoms with Crippen molar-refractivity contribution in [3.05, 3.63) is 78.1 Å². The minimum atomic E-state index is 0.663. The fourth-order valence-corrected chi connectivity index (χ4v) is 2.09. The number of aromatic nitrogens is 2. The maximum Gasteiger partial charge on any atom is 0.0991 e. The van der Waals surface area contributed by atoms with Crippen LogP contribution in [0.4, 0.5) is 5.69 Å². The lowest BCUT2D eigenvalue weighted by molar-refractivity contribution is 0.880. The third-order valence-corrected chi connectivity index (χ3v) is 3.16. The summed E-state index contributed by atoms with van der Waals surface area (Å²) in [7, 11) is 0. The largest absolute Gasteiger partial charge is 0.378 e. The zero-order valence-electron chi connectivity index (χ0n) is 11.4. The molecule has 0 atom stereocenters. The lowest BCUT2D eigenvalue weighted by Gasteiger charge is -2.04. The SMILES string of the molecule is N#Cc1cccc(CNc2cnn(-c3ccccc3)c2)c1. The van der Waals surface area contributed by atoms with E-state index in [1.54, 1.807) is 12.3 Å². The highest BCUT2D eigenvalue weighted by Crippen LogP contribution is 2.13. The van der Waals surface area contributed by atoms with Gasteiger partial charge in [0.25, 0.3) is 0 Å². The second kappa shape index (κ2) is 5.93. The minimum absolute atomic E-state index is 0.663. The fraction of sp³-hybridized carbons (Fsp3) is 0.0588. The normalized spacial score (nSPS) is 10.0. The first-order valence-electron chi connectivity index (χ1n) is 6.68. The monoisotopic (exact) mass is 274 g/mol. The van der Waals surface area contributed by atoms with E-state index in [4.69, 9.17) is 5.26 Å². The Kier molecular flexibility index (Phi) is 3.66. The standard InChI is InChI=1S/C17H14N4/c18-10-14-5-4-6-15(9-14)11-19-16-12-20-21(13-16)17-7-2-1-3-8-17/h1-9,12-13,19H,11H2. The number of hydrogen-bond acceptors (Lipinski definition) is 3. The molecule has 102 valence electrons. The van der Waals surface area contributed by atoms with Crippen molar-refractivity contribution in [3.8, 4) is 11.8 Å². The quantitative estimate of drug-likeness (QED) is 0.793. The molecule has 1 heterocycles. The van der Waals surface area contributed by atoms with Gasteiger partial charge < -0.3 is 5.32 Å². The summed E-state index contributed by atoms with van der Waals surface area (Å²) in [4.78, 5) is 0. The lowest BCUT2D eigenvalue weighted by atomic mass is 10.1. The van der Waals surface area contributed by atoms with E-state index in [-0.39, 0.29) is 0 Å². The molecule has 4 heteroatoms. The van der Waals surface area contributed by atoms with Gasteiger partial charge in [0, 0.05) is 6.54 Å². The first-order chi connectivity index (χ1) is 10.3. The molecule has 3 rings (SSSR count). The first-order valence-corrected chi connectivity index (χ1v) is 6.68. The topological polar surface area (TPSA) is 53.6 Å². The predicted octanol–water partition coefficient (Wildman–Crippen LogP) is 3.36. The maximum absolute atomic E-state index is 8.89. The molecule has 0 saturated carbocycles. The predicted molar refractivity (Wildman–Crippen MR) is 82.0 cm³/mol. The van der Waals surface area contributed by atoms with Crippen LogP contribution >= 0.6 is 0 Å². The van der Waals surface area contributed by atoms with Gasteiger partial charge in [-0.3, -0.25) is 0 Å². The van der Waals surface area contributed by atoms with Gasteiger partial charge in [0.1, 0.15) is 0 Å². The maximum atomic E-state index is 8.89. The van der Waals surface area contributed by atoms with Gasteiger partial charge in [-0.2, -0.15) is 10.4 Å². The molecule has 0 spiro atoms. The second-order valence-electron chi connectivity index (χ2n) is 4.67. The molecule has 0 unspecified atom stereocenters. The second-order valence-corrected chi connectivity index (χ2v) is 4.67. The molecule has 0 bridgehead atoms. The first kappa shape index (κ1) is 12.9. The van der Waals surface area contributed by atoms with Crippen molar-refractivity contribution in [2.24, 2.45) is 0 Å². The molecule has 1 N–H and O–H groups in total. The lowest BCUT2D eigenvalue weighted by Crippen LogP contribution is -1.98. The van der Waals surface area contributed by atoms with Gasteiger partial charge >= 0.3 is 0 Å². The summed E-state index contributed by atoms with van der Waals surface area (Å²) in [5.41, 5.74) is 3.72. The van der Waals surface area contributed by atoms with Gasteiger partial charge in [-0.15, -0.1) is 0 Å². The van der Waals surface area contributed by atoms with Crippen LogP contribution in [0.25, 0.3) is 5.69 Å². The van der Waals surface area contributed by atoms with Crippen LogP contribution in [0, 0.1) is 11.3 Å². The van der Waals surface area contributed by atoms with E-state index in [9.17, 15) is 0 Å². The number of nitrogens with zero attached hydrogens (tertiary/aromatic N) is 3. The Morgan fingerprint density at radius 2 is 1.95 bits per heavy atom. The molecule has 4 nitrogen and oxygen atoms in total. The van der Waals surface area contributed by atoms with Gasteiger partial charge in [0.15, 0.2) is 0 Å². The van der Waals surface area contributed by atoms with Crippen LogP contribution < -0.4 is 5.32 Å². The van der Waals surface area contributed by atoms with Crippen molar-refractivity contribution < 1.29 is 0 Å². The molecular formula is C17H14N4. The number of nitriles is 1. The molecule has 0 aliphatic heterocycles. The number of rotatable bonds is 4. The van der Waals surface area contributed by atoms with Crippen LogP contribution in [0.1, 0.15) is 11.1 Å². The Labute approximate surface area is 123 Å². The van der Waals surface area contributed by atoms with E-state index in [1.165, 1.54) is 0 Å². The molecule has 0 aliphatic rings. The van der Waals surface area contributed by atoms with E-state index < -0.39 is 0 Å². The molecule has 0 radical (unpaired) electrons. The van der Waals surface area contributed by atoms with Gasteiger partial charge in [-0.25, -0.2) is 4.68 Å². The zero-order valence-corrected chi connectivity index (χ0v) is 11.4. The number of hydrogen-bond donors (Lipinski definition) is 1. The van der Waals surface area contributed by atoms with Gasteiger partial charge in [-0.05, 0) is 29.8 Å². The Balaban J connectivity index is 1.69. The van der Waals surface area contributed by atoms with Crippen LogP contribution in [0.3, 0.4) is 0 Å². The van der Waals surface area contributed by atoms with Crippen LogP contribution in [0.2, 0.25) is 0 Å². The summed E-state index contributed by atoms with van der Waals surface area (Å²) in [5.74, 6) is 0. The average Bonchev–Trinajstić information content (AvgIpc) is 3.03. The summed E-state index contributed by atoms with van der Waals surface area (Å²) in [6, 6.07) is 19.7. The summed E-state index contributed by atoms with van der Waals surface area (Å²) in [5, 5.41) is 16.5. The van der Waals surface area contributed by atoms with Gasteiger partial charge in [0.05, 0.1) is 35.4 Å². The summed E-state index contributed by atoms with van der Waals surface area (Å²) < 4.78 is 1.83. The smallest absolute Gasteiger partial charge is 0.0991 e. The average molecular weight is 274 g/mol. The van der Waals surface area contributed by atoms with Crippen LogP contribution in [-0.4, -0.2) is 9.78 Å². The van der Waals surface area contributed by atoms with Crippen LogP contribution in [-0.2, 0) is 6.54 Å². The van der Waals surface area contributed by atoms with Crippen LogP contribution in [0.5, 0.6) is 0 Å². The molecule has 2 aromatic carbocycles. The summed E-state index contributed by atoms with van der Waals surface area (Å²) >= 11 is 0. The van der Waals surface area contributed by atoms with Crippen molar-refractivity contribution >= 4 is 5.69 Å². The zero-order chi connectivity index (χ0) is 14.5. The fourth-order valence-electron chi connectivity index (χ4n) is 2.09. The van der Waals surface area contributed by atoms with Gasteiger partial charge in [0.2, 0.25) is 0 Å². The highest BCUT2D eigenvalue weighted by atomic mass is 15.3. The molecular weight excluding hydrogens is 260 g/mol. The highest BCUT2D eigenvalue weighted by Gasteiger charge is 2.01. The molecule has 0 saturated heterocycles. The molecule has 0 fully saturated rings. The van der Waals surface area contributed by atoms with Crippen molar-refractivity contribution in [1.29, 1.82) is 5.26 Å². The van der Waals surface area contributed by atoms with Crippen molar-refractivity contribution in [1.82, 2.24) is 9.78 Å². The number of anilines is 1. The van der Waals surface area contributed by atoms with Gasteiger partial charge in [-0.1, -0.05) is 30.3 Å². The Bertz CT molecular complexity index is 769. The Hall–Kier alpha value is -3.06.